The molecule has 0 saturated carbocycles. The summed E-state index contributed by atoms with van der Waals surface area (Å²) in [4.78, 5) is 12.6. The van der Waals surface area contributed by atoms with Gasteiger partial charge in [-0.25, -0.2) is 4.68 Å². The molecule has 0 aliphatic carbocycles. The van der Waals surface area contributed by atoms with Gasteiger partial charge in [-0.05, 0) is 36.2 Å². The number of nitrogens with zero attached hydrogens (tertiary/aromatic N) is 2. The van der Waals surface area contributed by atoms with Crippen molar-refractivity contribution in [3.05, 3.63) is 77.6 Å². The zero-order chi connectivity index (χ0) is 15.5. The first-order valence-corrected chi connectivity index (χ1v) is 7.15. The molecule has 22 heavy (non-hydrogen) atoms. The van der Waals surface area contributed by atoms with Crippen molar-refractivity contribution in [2.45, 2.75) is 13.3 Å². The van der Waals surface area contributed by atoms with Crippen LogP contribution in [0.4, 0.5) is 0 Å². The highest BCUT2D eigenvalue weighted by atomic mass is 16.3. The third kappa shape index (κ3) is 2.63. The summed E-state index contributed by atoms with van der Waals surface area (Å²) in [5.41, 5.74) is 2.66. The van der Waals surface area contributed by atoms with Crippen molar-refractivity contribution in [2.24, 2.45) is 0 Å². The molecule has 0 aliphatic rings. The number of para-hydroxylation sites is 1. The van der Waals surface area contributed by atoms with E-state index < -0.39 is 0 Å². The van der Waals surface area contributed by atoms with E-state index in [1.165, 1.54) is 6.20 Å². The normalized spacial score (nSPS) is 10.6. The zero-order valence-electron chi connectivity index (χ0n) is 12.2. The van der Waals surface area contributed by atoms with E-state index in [9.17, 15) is 9.90 Å². The fraction of sp³-hybridized carbons (Fsp3) is 0.111. The molecule has 0 amide bonds. The van der Waals surface area contributed by atoms with Gasteiger partial charge in [0.2, 0.25) is 0 Å². The van der Waals surface area contributed by atoms with E-state index in [1.54, 1.807) is 23.0 Å². The van der Waals surface area contributed by atoms with Crippen LogP contribution < -0.4 is 0 Å². The van der Waals surface area contributed by atoms with Crippen LogP contribution in [0.25, 0.3) is 5.69 Å². The molecule has 1 heterocycles. The largest absolute Gasteiger partial charge is 0.507 e. The van der Waals surface area contributed by atoms with Crippen LogP contribution in [0.3, 0.4) is 0 Å². The van der Waals surface area contributed by atoms with E-state index in [2.05, 4.69) is 5.10 Å². The molecule has 3 rings (SSSR count). The molecule has 2 aromatic carbocycles. The van der Waals surface area contributed by atoms with Gasteiger partial charge in [0.1, 0.15) is 5.75 Å². The summed E-state index contributed by atoms with van der Waals surface area (Å²) in [5, 5.41) is 14.2. The van der Waals surface area contributed by atoms with Crippen LogP contribution in [0, 0.1) is 0 Å². The van der Waals surface area contributed by atoms with Crippen molar-refractivity contribution in [1.82, 2.24) is 9.78 Å². The lowest BCUT2D eigenvalue weighted by Crippen LogP contribution is -2.01. The molecule has 0 bridgehead atoms. The number of aromatic hydroxyl groups is 1. The topological polar surface area (TPSA) is 55.1 Å². The number of hydrogen-bond acceptors (Lipinski definition) is 3. The van der Waals surface area contributed by atoms with Crippen LogP contribution in [0.2, 0.25) is 0 Å². The van der Waals surface area contributed by atoms with E-state index in [0.717, 1.165) is 17.7 Å². The SMILES string of the molecule is CCc1ccc(O)c(C(=O)c2cnn(-c3ccccc3)c2)c1. The molecule has 0 spiro atoms. The molecule has 0 aliphatic heterocycles. The standard InChI is InChI=1S/C18H16N2O2/c1-2-13-8-9-17(21)16(10-13)18(22)14-11-19-20(12-14)15-6-4-3-5-7-15/h3-12,21H,2H2,1H3. The Bertz CT molecular complexity index is 807. The average Bonchev–Trinajstić information content (AvgIpc) is 3.05. The highest BCUT2D eigenvalue weighted by Crippen LogP contribution is 2.22. The minimum Gasteiger partial charge on any atom is -0.507 e. The summed E-state index contributed by atoms with van der Waals surface area (Å²) in [6, 6.07) is 14.7. The third-order valence-corrected chi connectivity index (χ3v) is 3.58. The van der Waals surface area contributed by atoms with Crippen molar-refractivity contribution in [1.29, 1.82) is 0 Å². The van der Waals surface area contributed by atoms with Gasteiger partial charge in [0.15, 0.2) is 5.78 Å². The monoisotopic (exact) mass is 292 g/mol. The summed E-state index contributed by atoms with van der Waals surface area (Å²) in [7, 11) is 0. The number of ketones is 1. The number of aromatic nitrogens is 2. The second-order valence-electron chi connectivity index (χ2n) is 5.04. The van der Waals surface area contributed by atoms with Gasteiger partial charge in [-0.1, -0.05) is 31.2 Å². The van der Waals surface area contributed by atoms with E-state index in [4.69, 9.17) is 0 Å². The minimum absolute atomic E-state index is 0.00494. The molecule has 0 atom stereocenters. The lowest BCUT2D eigenvalue weighted by Gasteiger charge is -2.04. The molecule has 0 radical (unpaired) electrons. The van der Waals surface area contributed by atoms with Gasteiger partial charge in [-0.3, -0.25) is 4.79 Å². The molecule has 3 aromatic rings. The summed E-state index contributed by atoms with van der Waals surface area (Å²) >= 11 is 0. The molecular weight excluding hydrogens is 276 g/mol. The molecule has 110 valence electrons. The Kier molecular flexibility index (Phi) is 3.74. The van der Waals surface area contributed by atoms with Crippen molar-refractivity contribution in [3.8, 4) is 11.4 Å². The fourth-order valence-electron chi connectivity index (χ4n) is 2.30. The van der Waals surface area contributed by atoms with Crippen molar-refractivity contribution in [3.63, 3.8) is 0 Å². The molecule has 4 nitrogen and oxygen atoms in total. The molecule has 0 unspecified atom stereocenters. The number of phenolic OH excluding ortho intramolecular Hbond substituents is 1. The molecule has 0 fully saturated rings. The number of rotatable bonds is 4. The predicted octanol–water partition coefficient (Wildman–Crippen LogP) is 3.37. The number of hydrogen-bond donors (Lipinski definition) is 1. The Morgan fingerprint density at radius 3 is 2.68 bits per heavy atom. The van der Waals surface area contributed by atoms with Crippen molar-refractivity contribution in [2.75, 3.05) is 0 Å². The highest BCUT2D eigenvalue weighted by Gasteiger charge is 2.16. The molecule has 0 saturated heterocycles. The summed E-state index contributed by atoms with van der Waals surface area (Å²) in [5.74, 6) is -0.232. The van der Waals surface area contributed by atoms with Crippen molar-refractivity contribution >= 4 is 5.78 Å². The van der Waals surface area contributed by atoms with Gasteiger partial charge in [-0.15, -0.1) is 0 Å². The molecular formula is C18H16N2O2. The number of benzene rings is 2. The quantitative estimate of drug-likeness (QED) is 0.750. The average molecular weight is 292 g/mol. The van der Waals surface area contributed by atoms with E-state index >= 15 is 0 Å². The molecule has 1 aromatic heterocycles. The fourth-order valence-corrected chi connectivity index (χ4v) is 2.30. The first-order chi connectivity index (χ1) is 10.7. The first-order valence-electron chi connectivity index (χ1n) is 7.15. The van der Waals surface area contributed by atoms with Crippen LogP contribution in [-0.4, -0.2) is 20.7 Å². The maximum absolute atomic E-state index is 12.6. The zero-order valence-corrected chi connectivity index (χ0v) is 12.2. The summed E-state index contributed by atoms with van der Waals surface area (Å²) in [6.07, 6.45) is 4.01. The highest BCUT2D eigenvalue weighted by molar-refractivity contribution is 6.10. The molecule has 4 heteroatoms. The van der Waals surface area contributed by atoms with E-state index in [-0.39, 0.29) is 11.5 Å². The predicted molar refractivity (Wildman–Crippen MR) is 84.5 cm³/mol. The maximum Gasteiger partial charge on any atom is 0.199 e. The van der Waals surface area contributed by atoms with Gasteiger partial charge in [-0.2, -0.15) is 5.10 Å². The number of carbonyl (C=O) groups excluding carboxylic acids is 1. The number of carbonyl (C=O) groups is 1. The Morgan fingerprint density at radius 1 is 1.18 bits per heavy atom. The van der Waals surface area contributed by atoms with E-state index in [1.807, 2.05) is 43.3 Å². The summed E-state index contributed by atoms with van der Waals surface area (Å²) in [6.45, 7) is 2.01. The Balaban J connectivity index is 1.95. The van der Waals surface area contributed by atoms with Gasteiger partial charge in [0, 0.05) is 6.20 Å². The second kappa shape index (κ2) is 5.85. The van der Waals surface area contributed by atoms with Gasteiger partial charge in [0.25, 0.3) is 0 Å². The lowest BCUT2D eigenvalue weighted by molar-refractivity contribution is 0.103. The Hall–Kier alpha value is -2.88. The minimum atomic E-state index is -0.227. The Labute approximate surface area is 128 Å². The van der Waals surface area contributed by atoms with E-state index in [0.29, 0.717) is 11.1 Å². The maximum atomic E-state index is 12.6. The van der Waals surface area contributed by atoms with Gasteiger partial charge < -0.3 is 5.11 Å². The van der Waals surface area contributed by atoms with Gasteiger partial charge >= 0.3 is 0 Å². The van der Waals surface area contributed by atoms with Crippen molar-refractivity contribution < 1.29 is 9.90 Å². The van der Waals surface area contributed by atoms with Crippen LogP contribution in [0.5, 0.6) is 5.75 Å². The smallest absolute Gasteiger partial charge is 0.199 e. The van der Waals surface area contributed by atoms with Crippen LogP contribution in [0.15, 0.2) is 60.9 Å². The lowest BCUT2D eigenvalue weighted by atomic mass is 10.0. The number of aryl methyl sites for hydroxylation is 1. The third-order valence-electron chi connectivity index (χ3n) is 3.58. The molecule has 1 N–H and O–H groups in total. The second-order valence-corrected chi connectivity index (χ2v) is 5.04. The Morgan fingerprint density at radius 2 is 1.95 bits per heavy atom. The number of phenols is 1. The van der Waals surface area contributed by atoms with Crippen LogP contribution >= 0.6 is 0 Å². The van der Waals surface area contributed by atoms with Gasteiger partial charge in [0.05, 0.1) is 23.0 Å². The summed E-state index contributed by atoms with van der Waals surface area (Å²) < 4.78 is 1.65. The van der Waals surface area contributed by atoms with Crippen LogP contribution in [0.1, 0.15) is 28.4 Å². The first kappa shape index (κ1) is 14.1. The van der Waals surface area contributed by atoms with Crippen LogP contribution in [-0.2, 0) is 6.42 Å².